The molecule has 0 fully saturated rings. The van der Waals surface area contributed by atoms with E-state index in [2.05, 4.69) is 16.0 Å². The van der Waals surface area contributed by atoms with Gasteiger partial charge in [0, 0.05) is 18.7 Å². The average Bonchev–Trinajstić information content (AvgIpc) is 2.36. The van der Waals surface area contributed by atoms with Crippen LogP contribution in [0.5, 0.6) is 0 Å². The first-order chi connectivity index (χ1) is 8.24. The van der Waals surface area contributed by atoms with Gasteiger partial charge in [-0.1, -0.05) is 18.2 Å². The largest absolute Gasteiger partial charge is 0.353 e. The maximum atomic E-state index is 11.6. The number of hydrogen-bond donors (Lipinski definition) is 3. The topological polar surface area (TPSA) is 70.2 Å². The van der Waals surface area contributed by atoms with Crippen LogP contribution in [0.2, 0.25) is 0 Å². The van der Waals surface area contributed by atoms with Crippen molar-refractivity contribution in [3.05, 3.63) is 35.9 Å². The molecule has 0 aliphatic heterocycles. The van der Waals surface area contributed by atoms with Crippen molar-refractivity contribution in [2.24, 2.45) is 0 Å². The van der Waals surface area contributed by atoms with Crippen molar-refractivity contribution in [2.45, 2.75) is 0 Å². The quantitative estimate of drug-likeness (QED) is 0.646. The van der Waals surface area contributed by atoms with E-state index in [1.165, 1.54) is 0 Å². The summed E-state index contributed by atoms with van der Waals surface area (Å²) >= 11 is 0. The van der Waals surface area contributed by atoms with Gasteiger partial charge in [0.05, 0.1) is 6.54 Å². The molecule has 100 valence electrons. The molecule has 2 amide bonds. The van der Waals surface area contributed by atoms with Gasteiger partial charge in [0.2, 0.25) is 5.91 Å². The first-order valence-electron chi connectivity index (χ1n) is 5.48. The molecule has 0 aliphatic rings. The maximum absolute atomic E-state index is 11.6. The van der Waals surface area contributed by atoms with E-state index in [9.17, 15) is 9.59 Å². The van der Waals surface area contributed by atoms with Crippen LogP contribution in [0.4, 0.5) is 0 Å². The first-order valence-corrected chi connectivity index (χ1v) is 5.48. The number of nitrogens with one attached hydrogen (secondary N) is 3. The summed E-state index contributed by atoms with van der Waals surface area (Å²) in [4.78, 5) is 22.7. The smallest absolute Gasteiger partial charge is 0.251 e. The summed E-state index contributed by atoms with van der Waals surface area (Å²) in [7, 11) is 1.71. The van der Waals surface area contributed by atoms with Crippen LogP contribution in [0.25, 0.3) is 0 Å². The van der Waals surface area contributed by atoms with Gasteiger partial charge in [-0.2, -0.15) is 0 Å². The van der Waals surface area contributed by atoms with Gasteiger partial charge in [0.25, 0.3) is 5.91 Å². The Morgan fingerprint density at radius 2 is 1.67 bits per heavy atom. The molecule has 5 nitrogen and oxygen atoms in total. The highest BCUT2D eigenvalue weighted by Crippen LogP contribution is 1.96. The molecule has 0 radical (unpaired) electrons. The normalized spacial score (nSPS) is 9.17. The summed E-state index contributed by atoms with van der Waals surface area (Å²) in [5, 5.41) is 8.14. The lowest BCUT2D eigenvalue weighted by Gasteiger charge is -2.06. The molecule has 0 bridgehead atoms. The van der Waals surface area contributed by atoms with Crippen LogP contribution in [0.3, 0.4) is 0 Å². The summed E-state index contributed by atoms with van der Waals surface area (Å²) < 4.78 is 0. The molecule has 6 heteroatoms. The van der Waals surface area contributed by atoms with Crippen LogP contribution in [-0.2, 0) is 4.79 Å². The Balaban J connectivity index is 0.00000289. The zero-order valence-corrected chi connectivity index (χ0v) is 11.0. The number of hydrogen-bond acceptors (Lipinski definition) is 3. The SMILES string of the molecule is CNCC(=O)NCCNC(=O)c1ccccc1.Cl. The van der Waals surface area contributed by atoms with E-state index >= 15 is 0 Å². The zero-order valence-electron chi connectivity index (χ0n) is 10.2. The van der Waals surface area contributed by atoms with Gasteiger partial charge in [0.15, 0.2) is 0 Å². The van der Waals surface area contributed by atoms with Crippen LogP contribution in [0, 0.1) is 0 Å². The van der Waals surface area contributed by atoms with Gasteiger partial charge in [-0.3, -0.25) is 9.59 Å². The minimum atomic E-state index is -0.131. The fraction of sp³-hybridized carbons (Fsp3) is 0.333. The van der Waals surface area contributed by atoms with Crippen molar-refractivity contribution >= 4 is 24.2 Å². The van der Waals surface area contributed by atoms with E-state index in [0.717, 1.165) is 0 Å². The third kappa shape index (κ3) is 6.22. The third-order valence-electron chi connectivity index (χ3n) is 2.11. The van der Waals surface area contributed by atoms with Crippen molar-refractivity contribution < 1.29 is 9.59 Å². The minimum absolute atomic E-state index is 0. The fourth-order valence-electron chi connectivity index (χ4n) is 1.29. The molecule has 0 aliphatic carbocycles. The van der Waals surface area contributed by atoms with Gasteiger partial charge < -0.3 is 16.0 Å². The summed E-state index contributed by atoms with van der Waals surface area (Å²) in [6, 6.07) is 8.96. The van der Waals surface area contributed by atoms with E-state index in [1.807, 2.05) is 18.2 Å². The van der Waals surface area contributed by atoms with Gasteiger partial charge in [-0.05, 0) is 19.2 Å². The molecule has 0 aromatic heterocycles. The van der Waals surface area contributed by atoms with Crippen LogP contribution in [0.15, 0.2) is 30.3 Å². The van der Waals surface area contributed by atoms with Gasteiger partial charge in [-0.25, -0.2) is 0 Å². The number of benzene rings is 1. The van der Waals surface area contributed by atoms with Crippen molar-refractivity contribution in [1.82, 2.24) is 16.0 Å². The molecule has 0 saturated carbocycles. The van der Waals surface area contributed by atoms with E-state index in [0.29, 0.717) is 18.7 Å². The fourth-order valence-corrected chi connectivity index (χ4v) is 1.29. The number of amides is 2. The lowest BCUT2D eigenvalue weighted by atomic mass is 10.2. The third-order valence-corrected chi connectivity index (χ3v) is 2.11. The molecule has 0 unspecified atom stereocenters. The van der Waals surface area contributed by atoms with E-state index in [4.69, 9.17) is 0 Å². The van der Waals surface area contributed by atoms with E-state index in [-0.39, 0.29) is 30.8 Å². The summed E-state index contributed by atoms with van der Waals surface area (Å²) in [6.45, 7) is 1.13. The number of carbonyl (C=O) groups is 2. The summed E-state index contributed by atoms with van der Waals surface area (Å²) in [6.07, 6.45) is 0. The average molecular weight is 272 g/mol. The highest BCUT2D eigenvalue weighted by Gasteiger charge is 2.03. The summed E-state index contributed by atoms with van der Waals surface area (Å²) in [5.74, 6) is -0.213. The highest BCUT2D eigenvalue weighted by molar-refractivity contribution is 5.94. The Kier molecular flexibility index (Phi) is 8.61. The number of rotatable bonds is 6. The van der Waals surface area contributed by atoms with Crippen molar-refractivity contribution in [2.75, 3.05) is 26.7 Å². The first kappa shape index (κ1) is 16.4. The second-order valence-electron chi connectivity index (χ2n) is 3.50. The minimum Gasteiger partial charge on any atom is -0.353 e. The van der Waals surface area contributed by atoms with Crippen molar-refractivity contribution in [3.63, 3.8) is 0 Å². The molecule has 1 aromatic rings. The Morgan fingerprint density at radius 3 is 2.28 bits per heavy atom. The molecular weight excluding hydrogens is 254 g/mol. The van der Waals surface area contributed by atoms with Crippen LogP contribution in [0.1, 0.15) is 10.4 Å². The molecule has 18 heavy (non-hydrogen) atoms. The predicted octanol–water partition coefficient (Wildman–Crippen LogP) is 0.174. The van der Waals surface area contributed by atoms with Crippen LogP contribution < -0.4 is 16.0 Å². The van der Waals surface area contributed by atoms with Gasteiger partial charge in [-0.15, -0.1) is 12.4 Å². The van der Waals surface area contributed by atoms with Crippen LogP contribution >= 0.6 is 12.4 Å². The monoisotopic (exact) mass is 271 g/mol. The number of halogens is 1. The Morgan fingerprint density at radius 1 is 1.06 bits per heavy atom. The highest BCUT2D eigenvalue weighted by atomic mass is 35.5. The standard InChI is InChI=1S/C12H17N3O2.ClH/c1-13-9-11(16)14-7-8-15-12(17)10-5-3-2-4-6-10;/h2-6,13H,7-9H2,1H3,(H,14,16)(H,15,17);1H. The molecular formula is C12H18ClN3O2. The predicted molar refractivity (Wildman–Crippen MR) is 73.0 cm³/mol. The molecule has 0 spiro atoms. The second kappa shape index (κ2) is 9.44. The molecule has 0 heterocycles. The molecule has 3 N–H and O–H groups in total. The Labute approximate surface area is 113 Å². The van der Waals surface area contributed by atoms with Crippen LogP contribution in [-0.4, -0.2) is 38.5 Å². The molecule has 1 rings (SSSR count). The number of likely N-dealkylation sites (N-methyl/N-ethyl adjacent to an activating group) is 1. The lowest BCUT2D eigenvalue weighted by Crippen LogP contribution is -2.38. The second-order valence-corrected chi connectivity index (χ2v) is 3.50. The lowest BCUT2D eigenvalue weighted by molar-refractivity contribution is -0.120. The maximum Gasteiger partial charge on any atom is 0.251 e. The molecule has 0 atom stereocenters. The Bertz CT molecular complexity index is 371. The van der Waals surface area contributed by atoms with E-state index < -0.39 is 0 Å². The zero-order chi connectivity index (χ0) is 12.5. The number of carbonyl (C=O) groups excluding carboxylic acids is 2. The summed E-state index contributed by atoms with van der Waals surface area (Å²) in [5.41, 5.74) is 0.619. The Hall–Kier alpha value is -1.59. The van der Waals surface area contributed by atoms with Crippen molar-refractivity contribution in [1.29, 1.82) is 0 Å². The van der Waals surface area contributed by atoms with Gasteiger partial charge in [0.1, 0.15) is 0 Å². The molecule has 1 aromatic carbocycles. The van der Waals surface area contributed by atoms with E-state index in [1.54, 1.807) is 19.2 Å². The molecule has 0 saturated heterocycles. The van der Waals surface area contributed by atoms with Gasteiger partial charge >= 0.3 is 0 Å². The van der Waals surface area contributed by atoms with Crippen molar-refractivity contribution in [3.8, 4) is 0 Å².